The molecule has 2 aromatic carbocycles. The van der Waals surface area contributed by atoms with E-state index in [9.17, 15) is 9.59 Å². The summed E-state index contributed by atoms with van der Waals surface area (Å²) in [4.78, 5) is 33.7. The number of aromatic amines is 1. The molecule has 2 heterocycles. The molecule has 0 unspecified atom stereocenters. The molecule has 1 aromatic heterocycles. The molecular formula is C21H17Cl2N3O4. The van der Waals surface area contributed by atoms with E-state index in [0.717, 1.165) is 0 Å². The van der Waals surface area contributed by atoms with E-state index in [4.69, 9.17) is 32.7 Å². The lowest BCUT2D eigenvalue weighted by Crippen LogP contribution is -2.30. The minimum Gasteiger partial charge on any atom is -0.454 e. The quantitative estimate of drug-likeness (QED) is 0.599. The normalized spacial score (nSPS) is 12.6. The molecule has 0 saturated heterocycles. The number of hydrogen-bond donors (Lipinski definition) is 1. The number of hydrogen-bond acceptors (Lipinski definition) is 5. The van der Waals surface area contributed by atoms with Crippen LogP contribution in [0.1, 0.15) is 18.3 Å². The summed E-state index contributed by atoms with van der Waals surface area (Å²) in [5.74, 6) is 1.19. The van der Waals surface area contributed by atoms with E-state index in [1.165, 1.54) is 6.08 Å². The maximum Gasteiger partial charge on any atom is 0.258 e. The van der Waals surface area contributed by atoms with Gasteiger partial charge in [0.25, 0.3) is 5.56 Å². The Bertz CT molecular complexity index is 1220. The molecule has 0 aliphatic carbocycles. The molecule has 1 N–H and O–H groups in total. The second kappa shape index (κ2) is 8.38. The highest BCUT2D eigenvalue weighted by Gasteiger charge is 2.18. The number of halogens is 2. The maximum atomic E-state index is 12.7. The topological polar surface area (TPSA) is 84.5 Å². The molecule has 1 amide bonds. The van der Waals surface area contributed by atoms with Gasteiger partial charge in [0.15, 0.2) is 11.5 Å². The third-order valence-electron chi connectivity index (χ3n) is 4.62. The predicted octanol–water partition coefficient (Wildman–Crippen LogP) is 4.02. The number of benzene rings is 2. The van der Waals surface area contributed by atoms with E-state index in [2.05, 4.69) is 9.97 Å². The van der Waals surface area contributed by atoms with Gasteiger partial charge in [0, 0.05) is 17.6 Å². The summed E-state index contributed by atoms with van der Waals surface area (Å²) >= 11 is 12.2. The molecule has 154 valence electrons. The maximum absolute atomic E-state index is 12.7. The van der Waals surface area contributed by atoms with Crippen LogP contribution >= 0.6 is 23.2 Å². The third-order valence-corrected chi connectivity index (χ3v) is 5.14. The van der Waals surface area contributed by atoms with E-state index < -0.39 is 0 Å². The lowest BCUT2D eigenvalue weighted by atomic mass is 10.2. The van der Waals surface area contributed by atoms with E-state index in [1.54, 1.807) is 41.3 Å². The fourth-order valence-corrected chi connectivity index (χ4v) is 3.56. The van der Waals surface area contributed by atoms with Crippen molar-refractivity contribution >= 4 is 46.1 Å². The summed E-state index contributed by atoms with van der Waals surface area (Å²) in [6, 6.07) is 8.32. The molecule has 0 atom stereocenters. The molecule has 0 saturated carbocycles. The van der Waals surface area contributed by atoms with Gasteiger partial charge in [-0.25, -0.2) is 4.98 Å². The van der Waals surface area contributed by atoms with E-state index >= 15 is 0 Å². The highest BCUT2D eigenvalue weighted by molar-refractivity contribution is 6.32. The first-order valence-electron chi connectivity index (χ1n) is 9.19. The summed E-state index contributed by atoms with van der Waals surface area (Å²) in [5.41, 5.74) is 0.913. The smallest absolute Gasteiger partial charge is 0.258 e. The minimum absolute atomic E-state index is 0.118. The number of aromatic nitrogens is 2. The largest absolute Gasteiger partial charge is 0.454 e. The van der Waals surface area contributed by atoms with Gasteiger partial charge in [-0.1, -0.05) is 23.2 Å². The highest BCUT2D eigenvalue weighted by atomic mass is 35.5. The number of fused-ring (bicyclic) bond motifs is 2. The van der Waals surface area contributed by atoms with Crippen LogP contribution in [-0.2, 0) is 11.3 Å². The number of carbonyl (C=O) groups is 1. The molecule has 0 spiro atoms. The molecule has 30 heavy (non-hydrogen) atoms. The molecular weight excluding hydrogens is 429 g/mol. The average molecular weight is 446 g/mol. The number of ether oxygens (including phenoxy) is 2. The molecule has 4 rings (SSSR count). The van der Waals surface area contributed by atoms with Crippen molar-refractivity contribution in [1.29, 1.82) is 0 Å². The fraction of sp³-hybridized carbons (Fsp3) is 0.190. The number of amides is 1. The van der Waals surface area contributed by atoms with Crippen molar-refractivity contribution in [1.82, 2.24) is 14.9 Å². The average Bonchev–Trinajstić information content (AvgIpc) is 3.19. The van der Waals surface area contributed by atoms with Gasteiger partial charge in [-0.15, -0.1) is 0 Å². The SMILES string of the molecule is CCN(Cc1nc2cc(Cl)ccc2c(=O)[nH]1)C(=O)/C=C/c1cc(Cl)c2c(c1)OCO2. The fourth-order valence-electron chi connectivity index (χ4n) is 3.12. The van der Waals surface area contributed by atoms with Gasteiger partial charge >= 0.3 is 0 Å². The summed E-state index contributed by atoms with van der Waals surface area (Å²) in [6.45, 7) is 2.55. The molecule has 1 aliphatic rings. The molecule has 0 fully saturated rings. The van der Waals surface area contributed by atoms with Crippen LogP contribution in [0, 0.1) is 0 Å². The van der Waals surface area contributed by atoms with Crippen LogP contribution < -0.4 is 15.0 Å². The van der Waals surface area contributed by atoms with Crippen molar-refractivity contribution < 1.29 is 14.3 Å². The van der Waals surface area contributed by atoms with Gasteiger partial charge < -0.3 is 19.4 Å². The monoisotopic (exact) mass is 445 g/mol. The zero-order valence-electron chi connectivity index (χ0n) is 15.9. The Hall–Kier alpha value is -3.03. The number of rotatable bonds is 5. The van der Waals surface area contributed by atoms with Crippen LogP contribution in [0.5, 0.6) is 11.5 Å². The van der Waals surface area contributed by atoms with E-state index in [1.807, 2.05) is 6.92 Å². The Morgan fingerprint density at radius 3 is 2.90 bits per heavy atom. The van der Waals surface area contributed by atoms with Gasteiger partial charge in [-0.05, 0) is 48.9 Å². The van der Waals surface area contributed by atoms with Crippen molar-refractivity contribution in [3.63, 3.8) is 0 Å². The van der Waals surface area contributed by atoms with E-state index in [-0.39, 0.29) is 24.8 Å². The Kier molecular flexibility index (Phi) is 5.65. The first-order chi connectivity index (χ1) is 14.4. The predicted molar refractivity (Wildman–Crippen MR) is 115 cm³/mol. The van der Waals surface area contributed by atoms with Crippen molar-refractivity contribution in [2.75, 3.05) is 13.3 Å². The lowest BCUT2D eigenvalue weighted by molar-refractivity contribution is -0.126. The highest BCUT2D eigenvalue weighted by Crippen LogP contribution is 2.40. The Labute approximate surface area is 181 Å². The molecule has 1 aliphatic heterocycles. The van der Waals surface area contributed by atoms with Crippen LogP contribution in [0.15, 0.2) is 41.2 Å². The van der Waals surface area contributed by atoms with Crippen LogP contribution in [-0.4, -0.2) is 34.1 Å². The summed E-state index contributed by atoms with van der Waals surface area (Å²) in [6.07, 6.45) is 3.09. The Morgan fingerprint density at radius 1 is 1.27 bits per heavy atom. The standard InChI is InChI=1S/C21H17Cl2N3O4/c1-2-26(10-18-24-16-9-13(22)4-5-14(16)21(28)25-18)19(27)6-3-12-7-15(23)20-17(8-12)29-11-30-20/h3-9H,2,10-11H2,1H3,(H,24,25,28)/b6-3+. The van der Waals surface area contributed by atoms with Crippen molar-refractivity contribution in [2.45, 2.75) is 13.5 Å². The third kappa shape index (κ3) is 4.13. The van der Waals surface area contributed by atoms with Crippen molar-refractivity contribution in [3.05, 3.63) is 68.2 Å². The second-order valence-corrected chi connectivity index (χ2v) is 7.44. The van der Waals surface area contributed by atoms with Crippen LogP contribution in [0.3, 0.4) is 0 Å². The Balaban J connectivity index is 1.53. The summed E-state index contributed by atoms with van der Waals surface area (Å²) in [7, 11) is 0. The number of carbonyl (C=O) groups excluding carboxylic acids is 1. The van der Waals surface area contributed by atoms with Gasteiger partial charge in [0.05, 0.1) is 22.5 Å². The number of nitrogens with one attached hydrogen (secondary N) is 1. The van der Waals surface area contributed by atoms with E-state index in [0.29, 0.717) is 50.4 Å². The lowest BCUT2D eigenvalue weighted by Gasteiger charge is -2.18. The van der Waals surface area contributed by atoms with Gasteiger partial charge in [0.1, 0.15) is 5.82 Å². The van der Waals surface area contributed by atoms with Crippen LogP contribution in [0.4, 0.5) is 0 Å². The van der Waals surface area contributed by atoms with Crippen molar-refractivity contribution in [3.8, 4) is 11.5 Å². The number of likely N-dealkylation sites (N-methyl/N-ethyl adjacent to an activating group) is 1. The summed E-state index contributed by atoms with van der Waals surface area (Å²) in [5, 5.41) is 1.35. The van der Waals surface area contributed by atoms with Crippen LogP contribution in [0.25, 0.3) is 17.0 Å². The number of nitrogens with zero attached hydrogens (tertiary/aromatic N) is 2. The van der Waals surface area contributed by atoms with Crippen molar-refractivity contribution in [2.24, 2.45) is 0 Å². The molecule has 7 nitrogen and oxygen atoms in total. The van der Waals surface area contributed by atoms with Gasteiger partial charge in [-0.3, -0.25) is 9.59 Å². The second-order valence-electron chi connectivity index (χ2n) is 6.60. The first-order valence-corrected chi connectivity index (χ1v) is 9.95. The molecule has 0 bridgehead atoms. The molecule has 9 heteroatoms. The number of H-pyrrole nitrogens is 1. The molecule has 3 aromatic rings. The zero-order valence-corrected chi connectivity index (χ0v) is 17.5. The summed E-state index contributed by atoms with van der Waals surface area (Å²) < 4.78 is 10.6. The zero-order chi connectivity index (χ0) is 21.3. The minimum atomic E-state index is -0.277. The Morgan fingerprint density at radius 2 is 2.10 bits per heavy atom. The molecule has 0 radical (unpaired) electrons. The van der Waals surface area contributed by atoms with Gasteiger partial charge in [-0.2, -0.15) is 0 Å². The van der Waals surface area contributed by atoms with Crippen LogP contribution in [0.2, 0.25) is 10.0 Å². The first kappa shape index (κ1) is 20.3. The van der Waals surface area contributed by atoms with Gasteiger partial charge in [0.2, 0.25) is 12.7 Å².